The second-order valence-corrected chi connectivity index (χ2v) is 15.4. The molecule has 0 unspecified atom stereocenters. The highest BCUT2D eigenvalue weighted by Gasteiger charge is 2.60. The van der Waals surface area contributed by atoms with Gasteiger partial charge in [-0.2, -0.15) is 4.31 Å². The molecule has 7 nitrogen and oxygen atoms in total. The number of hydrogen-bond acceptors (Lipinski definition) is 3. The number of aliphatic hydroxyl groups is 1. The van der Waals surface area contributed by atoms with E-state index in [-0.39, 0.29) is 11.8 Å². The van der Waals surface area contributed by atoms with Gasteiger partial charge in [-0.15, -0.1) is 0 Å². The molecule has 0 spiro atoms. The number of allylic oxidation sites excluding steroid dienone is 3. The van der Waals surface area contributed by atoms with Gasteiger partial charge in [0.25, 0.3) is 0 Å². The highest BCUT2D eigenvalue weighted by Crippen LogP contribution is 2.67. The zero-order valence-electron chi connectivity index (χ0n) is 24.6. The lowest BCUT2D eigenvalue weighted by atomic mass is 9.46. The molecule has 0 aliphatic heterocycles. The Labute approximate surface area is 231 Å². The van der Waals surface area contributed by atoms with Crippen LogP contribution in [0.25, 0.3) is 10.4 Å². The van der Waals surface area contributed by atoms with E-state index < -0.39 is 15.9 Å². The van der Waals surface area contributed by atoms with E-state index in [1.54, 1.807) is 0 Å². The van der Waals surface area contributed by atoms with Crippen molar-refractivity contribution in [3.8, 4) is 0 Å². The van der Waals surface area contributed by atoms with E-state index in [0.29, 0.717) is 41.4 Å². The molecular formula is C30H50N4O3S. The van der Waals surface area contributed by atoms with Crippen LogP contribution in [0.1, 0.15) is 99.3 Å². The second-order valence-electron chi connectivity index (χ2n) is 13.8. The van der Waals surface area contributed by atoms with E-state index in [2.05, 4.69) is 69.2 Å². The summed E-state index contributed by atoms with van der Waals surface area (Å²) < 4.78 is 28.6. The molecule has 4 aliphatic rings. The Hall–Kier alpha value is -1.34. The third kappa shape index (κ3) is 4.88. The first-order valence-corrected chi connectivity index (χ1v) is 16.3. The van der Waals surface area contributed by atoms with Crippen LogP contribution in [0.15, 0.2) is 28.3 Å². The number of nitrogens with zero attached hydrogens (tertiary/aromatic N) is 4. The zero-order chi connectivity index (χ0) is 28.1. The molecule has 3 saturated carbocycles. The molecule has 8 heteroatoms. The molecule has 214 valence electrons. The summed E-state index contributed by atoms with van der Waals surface area (Å²) in [7, 11) is -2.92. The average Bonchev–Trinajstić information content (AvgIpc) is 3.21. The van der Waals surface area contributed by atoms with Gasteiger partial charge in [-0.05, 0) is 109 Å². The summed E-state index contributed by atoms with van der Waals surface area (Å²) in [6, 6.07) is 0. The Morgan fingerprint density at radius 1 is 1.16 bits per heavy atom. The monoisotopic (exact) mass is 546 g/mol. The third-order valence-electron chi connectivity index (χ3n) is 11.9. The smallest absolute Gasteiger partial charge is 0.304 e. The summed E-state index contributed by atoms with van der Waals surface area (Å²) in [6.45, 7) is 14.3. The van der Waals surface area contributed by atoms with Gasteiger partial charge in [0.05, 0.1) is 0 Å². The van der Waals surface area contributed by atoms with Crippen molar-refractivity contribution in [2.24, 2.45) is 56.8 Å². The van der Waals surface area contributed by atoms with Crippen molar-refractivity contribution in [1.29, 1.82) is 0 Å². The molecule has 38 heavy (non-hydrogen) atoms. The topological polar surface area (TPSA) is 106 Å². The first kappa shape index (κ1) is 29.6. The van der Waals surface area contributed by atoms with Gasteiger partial charge in [0.15, 0.2) is 0 Å². The summed E-state index contributed by atoms with van der Waals surface area (Å²) in [5.41, 5.74) is 8.66. The molecule has 9 atom stereocenters. The summed E-state index contributed by atoms with van der Waals surface area (Å²) in [5, 5.41) is 11.4. The molecule has 4 rings (SSSR count). The molecule has 0 heterocycles. The lowest BCUT2D eigenvalue weighted by Gasteiger charge is -2.59. The molecule has 0 radical (unpaired) electrons. The van der Waals surface area contributed by atoms with Crippen molar-refractivity contribution in [1.82, 2.24) is 4.31 Å². The van der Waals surface area contributed by atoms with E-state index in [9.17, 15) is 13.5 Å². The normalized spacial score (nSPS) is 40.7. The van der Waals surface area contributed by atoms with Crippen molar-refractivity contribution in [2.75, 3.05) is 7.05 Å². The molecule has 0 amide bonds. The van der Waals surface area contributed by atoms with Crippen LogP contribution in [0.5, 0.6) is 0 Å². The van der Waals surface area contributed by atoms with Crippen molar-refractivity contribution in [3.05, 3.63) is 34.2 Å². The summed E-state index contributed by atoms with van der Waals surface area (Å²) in [6.07, 6.45) is 16.0. The minimum absolute atomic E-state index is 0.0191. The first-order valence-electron chi connectivity index (χ1n) is 14.9. The molecule has 0 aromatic rings. The van der Waals surface area contributed by atoms with Gasteiger partial charge in [-0.3, -0.25) is 0 Å². The fourth-order valence-electron chi connectivity index (χ4n) is 9.40. The predicted molar refractivity (Wildman–Crippen MR) is 153 cm³/mol. The van der Waals surface area contributed by atoms with Gasteiger partial charge in [-0.25, -0.2) is 8.42 Å². The Bertz CT molecular complexity index is 1110. The maximum atomic E-state index is 12.4. The van der Waals surface area contributed by atoms with Crippen molar-refractivity contribution >= 4 is 10.2 Å². The fourth-order valence-corrected chi connectivity index (χ4v) is 10.2. The maximum Gasteiger partial charge on any atom is 0.304 e. The van der Waals surface area contributed by atoms with E-state index in [4.69, 9.17) is 5.53 Å². The highest BCUT2D eigenvalue weighted by molar-refractivity contribution is 7.87. The van der Waals surface area contributed by atoms with Crippen LogP contribution in [0.4, 0.5) is 0 Å². The fraction of sp³-hybridized carbons (Fsp3) is 0.867. The molecule has 0 saturated heterocycles. The SMILES string of the molecule is CC[C@H](/C=C/[C@@H](C)[C@H]1CC[C@H]2[C@@H]3CC=C4C[C@](O)(N(C)S(=O)(=O)N=[N+]=[N-])CC[C@]4(C)[C@H]3CC[C@]12C)C(C)C. The van der Waals surface area contributed by atoms with Crippen LogP contribution < -0.4 is 0 Å². The minimum atomic E-state index is -4.24. The van der Waals surface area contributed by atoms with E-state index in [0.717, 1.165) is 29.0 Å². The Kier molecular flexibility index (Phi) is 8.24. The number of hydrogen-bond donors (Lipinski definition) is 1. The van der Waals surface area contributed by atoms with E-state index in [1.807, 2.05) is 0 Å². The van der Waals surface area contributed by atoms with Crippen LogP contribution in [-0.4, -0.2) is 30.6 Å². The lowest BCUT2D eigenvalue weighted by molar-refractivity contribution is -0.108. The second kappa shape index (κ2) is 10.6. The molecule has 0 aromatic heterocycles. The highest BCUT2D eigenvalue weighted by atomic mass is 32.2. The predicted octanol–water partition coefficient (Wildman–Crippen LogP) is 7.62. The molecule has 4 aliphatic carbocycles. The quantitative estimate of drug-likeness (QED) is 0.111. The zero-order valence-corrected chi connectivity index (χ0v) is 25.4. The molecular weight excluding hydrogens is 496 g/mol. The van der Waals surface area contributed by atoms with Crippen LogP contribution in [0.2, 0.25) is 0 Å². The number of fused-ring (bicyclic) bond motifs is 5. The largest absolute Gasteiger partial charge is 0.374 e. The minimum Gasteiger partial charge on any atom is -0.374 e. The number of azide groups is 1. The molecule has 1 N–H and O–H groups in total. The van der Waals surface area contributed by atoms with Crippen LogP contribution in [0.3, 0.4) is 0 Å². The maximum absolute atomic E-state index is 12.4. The van der Waals surface area contributed by atoms with Crippen molar-refractivity contribution in [2.45, 2.75) is 105 Å². The molecule has 3 fully saturated rings. The van der Waals surface area contributed by atoms with Gasteiger partial charge in [-0.1, -0.05) is 65.3 Å². The summed E-state index contributed by atoms with van der Waals surface area (Å²) in [4.78, 5) is 2.46. The Morgan fingerprint density at radius 2 is 1.87 bits per heavy atom. The lowest BCUT2D eigenvalue weighted by Crippen LogP contribution is -2.56. The van der Waals surface area contributed by atoms with Gasteiger partial charge >= 0.3 is 10.2 Å². The Balaban J connectivity index is 1.54. The van der Waals surface area contributed by atoms with Gasteiger partial charge in [0.1, 0.15) is 5.72 Å². The Morgan fingerprint density at radius 3 is 2.50 bits per heavy atom. The first-order chi connectivity index (χ1) is 17.7. The van der Waals surface area contributed by atoms with Crippen LogP contribution in [-0.2, 0) is 10.2 Å². The van der Waals surface area contributed by atoms with Gasteiger partial charge in [0, 0.05) is 22.9 Å². The van der Waals surface area contributed by atoms with Gasteiger partial charge in [0.2, 0.25) is 0 Å². The summed E-state index contributed by atoms with van der Waals surface area (Å²) in [5.74, 6) is 4.60. The standard InChI is InChI=1S/C30H50N4O3S/c1-8-22(20(2)3)10-9-21(4)25-13-14-26-24-12-11-23-19-30(35,34(7)38(36,37)33-32-31)18-17-28(23,5)27(24)15-16-29(25,26)6/h9-11,20-22,24-27,35H,8,12-19H2,1-7H3/b10-9+/t21-,22-,24+,25-,26+,27+,28+,29-,30+/m1/s1. The van der Waals surface area contributed by atoms with Crippen molar-refractivity contribution in [3.63, 3.8) is 0 Å². The summed E-state index contributed by atoms with van der Waals surface area (Å²) >= 11 is 0. The number of rotatable bonds is 8. The molecule has 0 bridgehead atoms. The van der Waals surface area contributed by atoms with Gasteiger partial charge < -0.3 is 5.11 Å². The van der Waals surface area contributed by atoms with Crippen LogP contribution in [0, 0.1) is 52.3 Å². The average molecular weight is 547 g/mol. The molecule has 0 aromatic carbocycles. The van der Waals surface area contributed by atoms with Crippen molar-refractivity contribution < 1.29 is 13.5 Å². The van der Waals surface area contributed by atoms with E-state index in [1.165, 1.54) is 44.7 Å². The third-order valence-corrected chi connectivity index (χ3v) is 13.2. The van der Waals surface area contributed by atoms with E-state index >= 15 is 0 Å². The van der Waals surface area contributed by atoms with Crippen LogP contribution >= 0.6 is 0 Å².